The lowest BCUT2D eigenvalue weighted by Gasteiger charge is -2.32. The van der Waals surface area contributed by atoms with E-state index in [1.807, 2.05) is 25.3 Å². The number of amides is 2. The predicted molar refractivity (Wildman–Crippen MR) is 143 cm³/mol. The second-order valence-electron chi connectivity index (χ2n) is 10.1. The van der Waals surface area contributed by atoms with Crippen molar-refractivity contribution >= 4 is 22.6 Å². The summed E-state index contributed by atoms with van der Waals surface area (Å²) >= 11 is 0. The van der Waals surface area contributed by atoms with E-state index >= 15 is 0 Å². The van der Waals surface area contributed by atoms with Crippen LogP contribution in [0.5, 0.6) is 0 Å². The molecule has 3 aromatic rings. The molecule has 1 aliphatic rings. The molecule has 2 aromatic carbocycles. The van der Waals surface area contributed by atoms with E-state index in [1.54, 1.807) is 7.05 Å². The number of nitrogens with one attached hydrogen (secondary N) is 3. The summed E-state index contributed by atoms with van der Waals surface area (Å²) < 4.78 is 5.46. The first-order valence-corrected chi connectivity index (χ1v) is 13.1. The number of rotatable bonds is 11. The highest BCUT2D eigenvalue weighted by Gasteiger charge is 2.35. The third kappa shape index (κ3) is 6.52. The summed E-state index contributed by atoms with van der Waals surface area (Å²) in [6.45, 7) is 3.83. The number of carbonyl (C=O) groups is 2. The van der Waals surface area contributed by atoms with Gasteiger partial charge in [0.1, 0.15) is 5.82 Å². The maximum atomic E-state index is 13.0. The minimum atomic E-state index is -0.379. The second-order valence-corrected chi connectivity index (χ2v) is 10.1. The van der Waals surface area contributed by atoms with Crippen molar-refractivity contribution in [1.82, 2.24) is 20.6 Å². The van der Waals surface area contributed by atoms with Crippen molar-refractivity contribution in [2.24, 2.45) is 5.41 Å². The van der Waals surface area contributed by atoms with Gasteiger partial charge in [0.15, 0.2) is 0 Å². The molecular formula is C29H38N4O3. The first-order valence-electron chi connectivity index (χ1n) is 13.1. The van der Waals surface area contributed by atoms with Gasteiger partial charge in [0, 0.05) is 44.7 Å². The van der Waals surface area contributed by atoms with Crippen LogP contribution in [0.3, 0.4) is 0 Å². The van der Waals surface area contributed by atoms with Crippen LogP contribution < -0.4 is 10.6 Å². The number of aromatic nitrogens is 2. The quantitative estimate of drug-likeness (QED) is 0.332. The molecule has 0 saturated carbocycles. The molecule has 1 saturated heterocycles. The molecule has 7 nitrogen and oxygen atoms in total. The molecule has 2 amide bonds. The predicted octanol–water partition coefficient (Wildman–Crippen LogP) is 4.94. The normalized spacial score (nSPS) is 15.9. The molecule has 1 atom stereocenters. The summed E-state index contributed by atoms with van der Waals surface area (Å²) in [7, 11) is 1.67. The van der Waals surface area contributed by atoms with E-state index in [-0.39, 0.29) is 23.1 Å². The number of aromatic amines is 1. The molecule has 0 spiro atoms. The van der Waals surface area contributed by atoms with Crippen molar-refractivity contribution in [2.75, 3.05) is 26.8 Å². The van der Waals surface area contributed by atoms with Crippen LogP contribution in [-0.2, 0) is 14.3 Å². The largest absolute Gasteiger partial charge is 0.381 e. The van der Waals surface area contributed by atoms with Crippen molar-refractivity contribution in [3.8, 4) is 11.3 Å². The number of nitrogens with zero attached hydrogens (tertiary/aromatic N) is 1. The SMILES string of the molecule is CNC(=O)CCCCCC(CNC(=O)C1(C)CCOCC1)c1ncc(-c2ccc3ccccc3c2)[nH]1. The average molecular weight is 491 g/mol. The zero-order valence-electron chi connectivity index (χ0n) is 21.4. The molecule has 1 fully saturated rings. The van der Waals surface area contributed by atoms with Gasteiger partial charge in [-0.25, -0.2) is 4.98 Å². The molecule has 1 unspecified atom stereocenters. The first kappa shape index (κ1) is 25.9. The number of benzene rings is 2. The van der Waals surface area contributed by atoms with Crippen LogP contribution in [0.2, 0.25) is 0 Å². The zero-order valence-corrected chi connectivity index (χ0v) is 21.4. The molecule has 0 radical (unpaired) electrons. The molecule has 0 aliphatic carbocycles. The molecule has 1 aliphatic heterocycles. The van der Waals surface area contributed by atoms with Gasteiger partial charge in [-0.15, -0.1) is 0 Å². The van der Waals surface area contributed by atoms with E-state index in [0.29, 0.717) is 26.2 Å². The van der Waals surface area contributed by atoms with Crippen LogP contribution in [0, 0.1) is 5.41 Å². The molecule has 1 aromatic heterocycles. The van der Waals surface area contributed by atoms with Gasteiger partial charge in [-0.2, -0.15) is 0 Å². The summed E-state index contributed by atoms with van der Waals surface area (Å²) in [5.74, 6) is 1.14. The minimum absolute atomic E-state index is 0.0756. The van der Waals surface area contributed by atoms with Gasteiger partial charge in [0.2, 0.25) is 11.8 Å². The highest BCUT2D eigenvalue weighted by Crippen LogP contribution is 2.31. The first-order chi connectivity index (χ1) is 17.5. The highest BCUT2D eigenvalue weighted by atomic mass is 16.5. The molecule has 3 N–H and O–H groups in total. The number of H-pyrrole nitrogens is 1. The third-order valence-corrected chi connectivity index (χ3v) is 7.43. The average Bonchev–Trinajstić information content (AvgIpc) is 3.40. The van der Waals surface area contributed by atoms with Gasteiger partial charge in [-0.1, -0.05) is 56.2 Å². The van der Waals surface area contributed by atoms with E-state index in [9.17, 15) is 9.59 Å². The fraction of sp³-hybridized carbons (Fsp3) is 0.483. The van der Waals surface area contributed by atoms with E-state index in [4.69, 9.17) is 9.72 Å². The maximum absolute atomic E-state index is 13.0. The number of carbonyl (C=O) groups excluding carboxylic acids is 2. The van der Waals surface area contributed by atoms with E-state index < -0.39 is 0 Å². The van der Waals surface area contributed by atoms with Crippen molar-refractivity contribution in [3.63, 3.8) is 0 Å². The molecule has 2 heterocycles. The Bertz CT molecular complexity index is 1170. The van der Waals surface area contributed by atoms with Crippen molar-refractivity contribution < 1.29 is 14.3 Å². The lowest BCUT2D eigenvalue weighted by atomic mass is 9.81. The number of ether oxygens (including phenoxy) is 1. The Morgan fingerprint density at radius 3 is 2.64 bits per heavy atom. The van der Waals surface area contributed by atoms with Gasteiger partial charge < -0.3 is 20.4 Å². The van der Waals surface area contributed by atoms with Crippen LogP contribution in [-0.4, -0.2) is 48.6 Å². The number of hydrogen-bond donors (Lipinski definition) is 3. The summed E-state index contributed by atoms with van der Waals surface area (Å²) in [6, 6.07) is 14.7. The molecule has 4 rings (SSSR count). The van der Waals surface area contributed by atoms with Gasteiger partial charge >= 0.3 is 0 Å². The zero-order chi connectivity index (χ0) is 25.4. The Morgan fingerprint density at radius 1 is 1.08 bits per heavy atom. The van der Waals surface area contributed by atoms with Crippen LogP contribution in [0.4, 0.5) is 0 Å². The number of unbranched alkanes of at least 4 members (excludes halogenated alkanes) is 2. The summed E-state index contributed by atoms with van der Waals surface area (Å²) in [5, 5.41) is 8.29. The Kier molecular flexibility index (Phi) is 8.75. The standard InChI is InChI=1S/C29H38N4O3/c1-29(14-16-36-17-15-29)28(35)32-19-24(10-4-3-5-11-26(34)30-2)27-31-20-25(33-27)23-13-12-21-8-6-7-9-22(21)18-23/h6-9,12-13,18,20,24H,3-5,10-11,14-17,19H2,1-2H3,(H,30,34)(H,31,33)(H,32,35). The Balaban J connectivity index is 1.44. The summed E-state index contributed by atoms with van der Waals surface area (Å²) in [6.07, 6.45) is 7.60. The maximum Gasteiger partial charge on any atom is 0.226 e. The van der Waals surface area contributed by atoms with E-state index in [0.717, 1.165) is 55.6 Å². The van der Waals surface area contributed by atoms with Crippen LogP contribution in [0.1, 0.15) is 63.6 Å². The minimum Gasteiger partial charge on any atom is -0.381 e. The number of hydrogen-bond acceptors (Lipinski definition) is 4. The monoisotopic (exact) mass is 490 g/mol. The summed E-state index contributed by atoms with van der Waals surface area (Å²) in [4.78, 5) is 32.8. The van der Waals surface area contributed by atoms with Gasteiger partial charge in [0.05, 0.1) is 17.3 Å². The molecule has 192 valence electrons. The lowest BCUT2D eigenvalue weighted by molar-refractivity contribution is -0.135. The van der Waals surface area contributed by atoms with Crippen LogP contribution >= 0.6 is 0 Å². The van der Waals surface area contributed by atoms with Gasteiger partial charge in [0.25, 0.3) is 0 Å². The third-order valence-electron chi connectivity index (χ3n) is 7.43. The van der Waals surface area contributed by atoms with E-state index in [1.165, 1.54) is 10.8 Å². The van der Waals surface area contributed by atoms with Crippen LogP contribution in [0.15, 0.2) is 48.7 Å². The Morgan fingerprint density at radius 2 is 1.86 bits per heavy atom. The van der Waals surface area contributed by atoms with Crippen molar-refractivity contribution in [3.05, 3.63) is 54.5 Å². The number of fused-ring (bicyclic) bond motifs is 1. The van der Waals surface area contributed by atoms with Gasteiger partial charge in [-0.3, -0.25) is 9.59 Å². The van der Waals surface area contributed by atoms with Crippen molar-refractivity contribution in [2.45, 2.75) is 57.8 Å². The second kappa shape index (κ2) is 12.2. The Labute approximate surface area is 213 Å². The highest BCUT2D eigenvalue weighted by molar-refractivity contribution is 5.86. The molecule has 0 bridgehead atoms. The fourth-order valence-corrected chi connectivity index (χ4v) is 4.84. The fourth-order valence-electron chi connectivity index (χ4n) is 4.84. The molecule has 7 heteroatoms. The van der Waals surface area contributed by atoms with Crippen LogP contribution in [0.25, 0.3) is 22.0 Å². The van der Waals surface area contributed by atoms with Gasteiger partial charge in [-0.05, 0) is 42.5 Å². The number of imidazole rings is 1. The van der Waals surface area contributed by atoms with Crippen molar-refractivity contribution in [1.29, 1.82) is 0 Å². The molecular weight excluding hydrogens is 452 g/mol. The topological polar surface area (TPSA) is 96.1 Å². The Hall–Kier alpha value is -3.19. The smallest absolute Gasteiger partial charge is 0.226 e. The van der Waals surface area contributed by atoms with E-state index in [2.05, 4.69) is 45.9 Å². The lowest BCUT2D eigenvalue weighted by Crippen LogP contribution is -2.44. The molecule has 36 heavy (non-hydrogen) atoms. The summed E-state index contributed by atoms with van der Waals surface area (Å²) in [5.41, 5.74) is 1.69.